The highest BCUT2D eigenvalue weighted by atomic mass is 35.5. The summed E-state index contributed by atoms with van der Waals surface area (Å²) in [5, 5.41) is 20.5. The SMILES string of the molecule is O=C(c1nnn(Cc2cc(C(F)(F)F)cc(C(F)(F)F)c2)c1-c1ccc[n+]([O-])c1)N1CCC[C@@H]1c1ccccc1Cl. The summed E-state index contributed by atoms with van der Waals surface area (Å²) in [4.78, 5) is 15.4. The van der Waals surface area contributed by atoms with Crippen LogP contribution < -0.4 is 4.73 Å². The van der Waals surface area contributed by atoms with E-state index in [1.807, 2.05) is 0 Å². The van der Waals surface area contributed by atoms with Crippen LogP contribution in [0.5, 0.6) is 0 Å². The maximum absolute atomic E-state index is 13.8. The number of amides is 1. The first-order chi connectivity index (χ1) is 19.3. The van der Waals surface area contributed by atoms with Gasteiger partial charge >= 0.3 is 12.4 Å². The molecular weight excluding hydrogens is 576 g/mol. The van der Waals surface area contributed by atoms with Crippen LogP contribution in [-0.2, 0) is 18.9 Å². The molecule has 1 aliphatic heterocycles. The number of carbonyl (C=O) groups is 1. The van der Waals surface area contributed by atoms with Crippen LogP contribution in [0, 0.1) is 5.21 Å². The number of hydrogen-bond donors (Lipinski definition) is 0. The predicted molar refractivity (Wildman–Crippen MR) is 134 cm³/mol. The third-order valence-corrected chi connectivity index (χ3v) is 7.09. The van der Waals surface area contributed by atoms with Gasteiger partial charge in [-0.1, -0.05) is 35.0 Å². The summed E-state index contributed by atoms with van der Waals surface area (Å²) in [7, 11) is 0. The molecule has 1 atom stereocenters. The average Bonchev–Trinajstić information content (AvgIpc) is 3.55. The third kappa shape index (κ3) is 5.85. The van der Waals surface area contributed by atoms with Gasteiger partial charge in [-0.05, 0) is 54.3 Å². The van der Waals surface area contributed by atoms with E-state index < -0.39 is 42.0 Å². The normalized spacial score (nSPS) is 15.9. The molecule has 5 rings (SSSR count). The average molecular weight is 596 g/mol. The molecule has 214 valence electrons. The van der Waals surface area contributed by atoms with Gasteiger partial charge < -0.3 is 10.1 Å². The Kier molecular flexibility index (Phi) is 7.41. The largest absolute Gasteiger partial charge is 0.619 e. The lowest BCUT2D eigenvalue weighted by Gasteiger charge is -2.25. The summed E-state index contributed by atoms with van der Waals surface area (Å²) in [5.41, 5.74) is -2.73. The molecule has 14 heteroatoms. The van der Waals surface area contributed by atoms with Gasteiger partial charge in [0, 0.05) is 17.6 Å². The second-order valence-corrected chi connectivity index (χ2v) is 9.90. The Balaban J connectivity index is 1.59. The number of pyridine rings is 1. The number of carbonyl (C=O) groups excluding carboxylic acids is 1. The zero-order chi connectivity index (χ0) is 29.5. The smallest absolute Gasteiger partial charge is 0.416 e. The van der Waals surface area contributed by atoms with Gasteiger partial charge in [0.25, 0.3) is 5.91 Å². The minimum atomic E-state index is -5.04. The zero-order valence-electron chi connectivity index (χ0n) is 21.0. The molecule has 1 saturated heterocycles. The van der Waals surface area contributed by atoms with Crippen LogP contribution in [-0.4, -0.2) is 32.3 Å². The number of alkyl halides is 6. The van der Waals surface area contributed by atoms with Crippen LogP contribution in [0.25, 0.3) is 11.3 Å². The van der Waals surface area contributed by atoms with Gasteiger partial charge in [0.05, 0.1) is 29.3 Å². The lowest BCUT2D eigenvalue weighted by atomic mass is 10.0. The number of rotatable bonds is 5. The zero-order valence-corrected chi connectivity index (χ0v) is 21.7. The first-order valence-corrected chi connectivity index (χ1v) is 12.7. The van der Waals surface area contributed by atoms with Crippen molar-refractivity contribution in [3.05, 3.63) is 105 Å². The summed E-state index contributed by atoms with van der Waals surface area (Å²) < 4.78 is 82.2. The fourth-order valence-corrected chi connectivity index (χ4v) is 5.21. The van der Waals surface area contributed by atoms with Crippen molar-refractivity contribution in [1.82, 2.24) is 19.9 Å². The van der Waals surface area contributed by atoms with E-state index in [1.54, 1.807) is 29.2 Å². The maximum atomic E-state index is 13.8. The topological polar surface area (TPSA) is 78.0 Å². The number of aromatic nitrogens is 4. The Morgan fingerprint density at radius 3 is 2.34 bits per heavy atom. The van der Waals surface area contributed by atoms with Crippen LogP contribution in [0.1, 0.15) is 51.6 Å². The lowest BCUT2D eigenvalue weighted by Crippen LogP contribution is -2.31. The number of benzene rings is 2. The van der Waals surface area contributed by atoms with E-state index in [2.05, 4.69) is 10.3 Å². The van der Waals surface area contributed by atoms with Crippen LogP contribution in [0.2, 0.25) is 5.02 Å². The van der Waals surface area contributed by atoms with Gasteiger partial charge in [-0.2, -0.15) is 31.1 Å². The minimum Gasteiger partial charge on any atom is -0.619 e. The van der Waals surface area contributed by atoms with Crippen LogP contribution >= 0.6 is 11.6 Å². The van der Waals surface area contributed by atoms with Gasteiger partial charge in [-0.3, -0.25) is 4.79 Å². The monoisotopic (exact) mass is 595 g/mol. The van der Waals surface area contributed by atoms with Crippen LogP contribution in [0.4, 0.5) is 26.3 Å². The van der Waals surface area contributed by atoms with Gasteiger partial charge in [-0.25, -0.2) is 4.68 Å². The predicted octanol–water partition coefficient (Wildman–Crippen LogP) is 6.30. The molecule has 41 heavy (non-hydrogen) atoms. The molecule has 0 saturated carbocycles. The fraction of sp³-hybridized carbons (Fsp3) is 0.259. The summed E-state index contributed by atoms with van der Waals surface area (Å²) >= 11 is 6.38. The molecule has 1 fully saturated rings. The van der Waals surface area contributed by atoms with Crippen LogP contribution in [0.3, 0.4) is 0 Å². The number of halogens is 7. The third-order valence-electron chi connectivity index (χ3n) is 6.74. The molecule has 1 aliphatic rings. The molecule has 0 unspecified atom stereocenters. The highest BCUT2D eigenvalue weighted by Crippen LogP contribution is 2.39. The first-order valence-electron chi connectivity index (χ1n) is 12.3. The number of likely N-dealkylation sites (tertiary alicyclic amines) is 1. The fourth-order valence-electron chi connectivity index (χ4n) is 4.95. The van der Waals surface area contributed by atoms with E-state index in [9.17, 15) is 36.3 Å². The quantitative estimate of drug-likeness (QED) is 0.154. The van der Waals surface area contributed by atoms with Crippen molar-refractivity contribution in [3.63, 3.8) is 0 Å². The highest BCUT2D eigenvalue weighted by Gasteiger charge is 2.38. The van der Waals surface area contributed by atoms with Crippen molar-refractivity contribution in [1.29, 1.82) is 0 Å². The Morgan fingerprint density at radius 2 is 1.71 bits per heavy atom. The molecule has 7 nitrogen and oxygen atoms in total. The Morgan fingerprint density at radius 1 is 1.02 bits per heavy atom. The molecule has 2 aromatic heterocycles. The van der Waals surface area contributed by atoms with Crippen molar-refractivity contribution in [2.24, 2.45) is 0 Å². The number of nitrogens with zero attached hydrogens (tertiary/aromatic N) is 5. The van der Waals surface area contributed by atoms with E-state index in [-0.39, 0.29) is 28.6 Å². The number of hydrogen-bond acceptors (Lipinski definition) is 4. The molecule has 1 amide bonds. The molecule has 3 heterocycles. The lowest BCUT2D eigenvalue weighted by molar-refractivity contribution is -0.604. The Labute approximate surface area is 234 Å². The van der Waals surface area contributed by atoms with Gasteiger partial charge in [0.15, 0.2) is 18.1 Å². The minimum absolute atomic E-state index is 0.0282. The molecule has 0 N–H and O–H groups in total. The molecule has 2 aromatic carbocycles. The Hall–Kier alpha value is -4.13. The van der Waals surface area contributed by atoms with Crippen molar-refractivity contribution in [2.75, 3.05) is 6.54 Å². The van der Waals surface area contributed by atoms with Crippen molar-refractivity contribution < 1.29 is 35.9 Å². The molecule has 0 spiro atoms. The second-order valence-electron chi connectivity index (χ2n) is 9.49. The van der Waals surface area contributed by atoms with Crippen molar-refractivity contribution in [2.45, 2.75) is 37.8 Å². The summed E-state index contributed by atoms with van der Waals surface area (Å²) in [6, 6.07) is 10.6. The summed E-state index contributed by atoms with van der Waals surface area (Å²) in [5.74, 6) is -0.574. The standard InChI is InChI=1S/C27H20ClF6N5O2/c28-21-7-2-1-6-20(21)22-8-4-10-38(22)25(40)23-24(17-5-3-9-37(41)15-17)39(36-35-23)14-16-11-18(26(29,30)31)13-19(12-16)27(32,33)34/h1-3,5-7,9,11-13,15,22H,4,8,10,14H2/t22-/m1/s1. The van der Waals surface area contributed by atoms with Crippen molar-refractivity contribution in [3.8, 4) is 11.3 Å². The summed E-state index contributed by atoms with van der Waals surface area (Å²) in [6.07, 6.45) is -6.54. The van der Waals surface area contributed by atoms with E-state index in [0.717, 1.165) is 16.4 Å². The molecule has 0 bridgehead atoms. The Bertz CT molecular complexity index is 1570. The first kappa shape index (κ1) is 28.4. The van der Waals surface area contributed by atoms with Gasteiger partial charge in [0.2, 0.25) is 0 Å². The van der Waals surface area contributed by atoms with E-state index >= 15 is 0 Å². The van der Waals surface area contributed by atoms with Crippen molar-refractivity contribution >= 4 is 17.5 Å². The molecule has 4 aromatic rings. The molecular formula is C27H20ClF6N5O2. The van der Waals surface area contributed by atoms with Gasteiger partial charge in [0.1, 0.15) is 5.69 Å². The van der Waals surface area contributed by atoms with Gasteiger partial charge in [-0.15, -0.1) is 5.10 Å². The maximum Gasteiger partial charge on any atom is 0.416 e. The second kappa shape index (κ2) is 10.7. The molecule has 0 radical (unpaired) electrons. The van der Waals surface area contributed by atoms with Crippen LogP contribution in [0.15, 0.2) is 67.0 Å². The van der Waals surface area contributed by atoms with E-state index in [4.69, 9.17) is 11.6 Å². The highest BCUT2D eigenvalue weighted by molar-refractivity contribution is 6.31. The van der Waals surface area contributed by atoms with E-state index in [0.29, 0.717) is 41.3 Å². The molecule has 0 aliphatic carbocycles. The summed E-state index contributed by atoms with van der Waals surface area (Å²) in [6.45, 7) is -0.246. The van der Waals surface area contributed by atoms with E-state index in [1.165, 1.54) is 18.3 Å².